The summed E-state index contributed by atoms with van der Waals surface area (Å²) in [6.45, 7) is 6.57. The molecular formula is C23H30N4O3. The molecule has 0 aromatic heterocycles. The molecule has 1 heterocycles. The summed E-state index contributed by atoms with van der Waals surface area (Å²) in [5.41, 5.74) is 2.58. The number of hydrogen-bond donors (Lipinski definition) is 2. The average molecular weight is 411 g/mol. The Hall–Kier alpha value is -3.37. The lowest BCUT2D eigenvalue weighted by molar-refractivity contribution is -0.107. The number of carbonyl (C=O) groups excluding carboxylic acids is 2. The Morgan fingerprint density at radius 1 is 1.07 bits per heavy atom. The van der Waals surface area contributed by atoms with Crippen molar-refractivity contribution in [2.75, 3.05) is 32.6 Å². The minimum atomic E-state index is -0.279. The molecule has 0 bridgehead atoms. The first-order valence-electron chi connectivity index (χ1n) is 9.75. The maximum atomic E-state index is 11.8. The van der Waals surface area contributed by atoms with E-state index in [1.807, 2.05) is 36.4 Å². The summed E-state index contributed by atoms with van der Waals surface area (Å²) in [6.07, 6.45) is 4.06. The van der Waals surface area contributed by atoms with Crippen LogP contribution in [-0.4, -0.2) is 44.5 Å². The Morgan fingerprint density at radius 3 is 2.10 bits per heavy atom. The molecule has 2 N–H and O–H groups in total. The highest BCUT2D eigenvalue weighted by Crippen LogP contribution is 2.12. The summed E-state index contributed by atoms with van der Waals surface area (Å²) in [5, 5.41) is 12.0. The van der Waals surface area contributed by atoms with E-state index in [-0.39, 0.29) is 6.03 Å². The fraction of sp³-hybridized carbons (Fsp3) is 0.348. The van der Waals surface area contributed by atoms with Crippen LogP contribution in [0.25, 0.3) is 0 Å². The van der Waals surface area contributed by atoms with E-state index in [1.54, 1.807) is 19.2 Å². The van der Waals surface area contributed by atoms with Crippen LogP contribution in [0.1, 0.15) is 24.0 Å². The summed E-state index contributed by atoms with van der Waals surface area (Å²) in [5.74, 6) is 0.781. The number of benzene rings is 2. The number of methoxy groups -OCH3 is 1. The zero-order valence-electron chi connectivity index (χ0n) is 17.6. The Labute approximate surface area is 178 Å². The summed E-state index contributed by atoms with van der Waals surface area (Å²) in [4.78, 5) is 24.6. The Bertz CT molecular complexity index is 767. The molecule has 0 spiro atoms. The number of rotatable bonds is 6. The number of hydrogen-bond acceptors (Lipinski definition) is 5. The number of nitrogens with zero attached hydrogens (tertiary/aromatic N) is 2. The van der Waals surface area contributed by atoms with E-state index in [4.69, 9.17) is 10.00 Å². The largest absolute Gasteiger partial charge is 0.497 e. The molecule has 1 aliphatic heterocycles. The Kier molecular flexibility index (Phi) is 12.0. The monoisotopic (exact) mass is 410 g/mol. The lowest BCUT2D eigenvalue weighted by atomic mass is 10.1. The van der Waals surface area contributed by atoms with Crippen molar-refractivity contribution in [3.05, 3.63) is 59.7 Å². The first-order chi connectivity index (χ1) is 14.6. The Balaban J connectivity index is 0.000000474. The van der Waals surface area contributed by atoms with Crippen molar-refractivity contribution in [3.63, 3.8) is 0 Å². The minimum Gasteiger partial charge on any atom is -0.497 e. The van der Waals surface area contributed by atoms with Crippen molar-refractivity contribution < 1.29 is 14.3 Å². The third kappa shape index (κ3) is 9.71. The molecule has 2 aromatic rings. The van der Waals surface area contributed by atoms with Crippen LogP contribution < -0.4 is 15.4 Å². The highest BCUT2D eigenvalue weighted by Gasteiger charge is 2.03. The quantitative estimate of drug-likeness (QED) is 0.710. The van der Waals surface area contributed by atoms with Crippen LogP contribution in [-0.2, 0) is 17.8 Å². The summed E-state index contributed by atoms with van der Waals surface area (Å²) < 4.78 is 5.08. The third-order valence-electron chi connectivity index (χ3n) is 4.47. The minimum absolute atomic E-state index is 0.279. The van der Waals surface area contributed by atoms with E-state index in [2.05, 4.69) is 29.2 Å². The molecule has 1 aliphatic rings. The molecular weight excluding hydrogens is 380 g/mol. The van der Waals surface area contributed by atoms with E-state index in [0.29, 0.717) is 18.7 Å². The first-order valence-corrected chi connectivity index (χ1v) is 9.75. The molecule has 1 fully saturated rings. The van der Waals surface area contributed by atoms with Gasteiger partial charge >= 0.3 is 6.03 Å². The molecule has 2 aromatic carbocycles. The second-order valence-corrected chi connectivity index (χ2v) is 6.73. The molecule has 0 atom stereocenters. The highest BCUT2D eigenvalue weighted by molar-refractivity contribution is 5.89. The van der Waals surface area contributed by atoms with Crippen molar-refractivity contribution in [3.8, 4) is 12.3 Å². The van der Waals surface area contributed by atoms with Gasteiger partial charge in [0.2, 0.25) is 0 Å². The van der Waals surface area contributed by atoms with Crippen molar-refractivity contribution in [2.24, 2.45) is 0 Å². The summed E-state index contributed by atoms with van der Waals surface area (Å²) in [7, 11) is 3.79. The summed E-state index contributed by atoms with van der Waals surface area (Å²) in [6, 6.07) is 14.4. The van der Waals surface area contributed by atoms with Crippen LogP contribution >= 0.6 is 0 Å². The molecule has 0 aliphatic carbocycles. The maximum absolute atomic E-state index is 11.8. The second kappa shape index (κ2) is 14.6. The van der Waals surface area contributed by atoms with E-state index >= 15 is 0 Å². The van der Waals surface area contributed by atoms with Crippen molar-refractivity contribution in [2.45, 2.75) is 25.8 Å². The number of urea groups is 1. The van der Waals surface area contributed by atoms with Crippen molar-refractivity contribution in [1.82, 2.24) is 10.2 Å². The fourth-order valence-electron chi connectivity index (χ4n) is 2.80. The highest BCUT2D eigenvalue weighted by atomic mass is 16.5. The molecule has 30 heavy (non-hydrogen) atoms. The standard InChI is InChI=1S/C17H18N2O3.C5H11N.CHN/c1-22-16-8-4-14(5-9-16)12-18-17(21)19-15-6-2-13(3-7-15)10-11-20;1-6-4-2-3-5-6;1-2/h2-9,11H,10,12H2,1H3,(H2,18,19,21);2-5H2,1H3;1H. The lowest BCUT2D eigenvalue weighted by Crippen LogP contribution is -2.28. The number of anilines is 1. The maximum Gasteiger partial charge on any atom is 0.319 e. The van der Waals surface area contributed by atoms with E-state index in [1.165, 1.54) is 25.9 Å². The van der Waals surface area contributed by atoms with E-state index in [9.17, 15) is 9.59 Å². The second-order valence-electron chi connectivity index (χ2n) is 6.73. The van der Waals surface area contributed by atoms with Gasteiger partial charge in [0.1, 0.15) is 12.0 Å². The van der Waals surface area contributed by atoms with Gasteiger partial charge in [0.25, 0.3) is 0 Å². The fourth-order valence-corrected chi connectivity index (χ4v) is 2.80. The van der Waals surface area contributed by atoms with Gasteiger partial charge in [-0.05, 0) is 68.4 Å². The average Bonchev–Trinajstić information content (AvgIpc) is 3.27. The normalized spacial score (nSPS) is 12.4. The molecule has 0 saturated carbocycles. The van der Waals surface area contributed by atoms with Gasteiger partial charge < -0.3 is 25.1 Å². The van der Waals surface area contributed by atoms with E-state index in [0.717, 1.165) is 23.2 Å². The van der Waals surface area contributed by atoms with Crippen molar-refractivity contribution >= 4 is 18.0 Å². The Morgan fingerprint density at radius 2 is 1.63 bits per heavy atom. The van der Waals surface area contributed by atoms with Crippen LogP contribution in [0, 0.1) is 11.8 Å². The molecule has 7 nitrogen and oxygen atoms in total. The van der Waals surface area contributed by atoms with E-state index < -0.39 is 0 Å². The van der Waals surface area contributed by atoms with Gasteiger partial charge in [-0.2, -0.15) is 0 Å². The number of amides is 2. The van der Waals surface area contributed by atoms with Gasteiger partial charge in [-0.3, -0.25) is 0 Å². The number of nitriles is 1. The number of ether oxygens (including phenoxy) is 1. The zero-order valence-corrected chi connectivity index (χ0v) is 17.6. The van der Waals surface area contributed by atoms with Crippen LogP contribution in [0.2, 0.25) is 0 Å². The van der Waals surface area contributed by atoms with Crippen molar-refractivity contribution in [1.29, 1.82) is 5.26 Å². The molecule has 160 valence electrons. The van der Waals surface area contributed by atoms with Crippen LogP contribution in [0.3, 0.4) is 0 Å². The molecule has 0 unspecified atom stereocenters. The van der Waals surface area contributed by atoms with Gasteiger partial charge in [0, 0.05) is 25.2 Å². The predicted molar refractivity (Wildman–Crippen MR) is 118 cm³/mol. The van der Waals surface area contributed by atoms with Crippen LogP contribution in [0.4, 0.5) is 10.5 Å². The molecule has 0 radical (unpaired) electrons. The SMILES string of the molecule is C#N.CN1CCCC1.COc1ccc(CNC(=O)Nc2ccc(CC=O)cc2)cc1. The predicted octanol–water partition coefficient (Wildman–Crippen LogP) is 3.61. The molecule has 3 rings (SSSR count). The molecule has 2 amide bonds. The van der Waals surface area contributed by atoms with Crippen LogP contribution in [0.5, 0.6) is 5.75 Å². The molecule has 7 heteroatoms. The van der Waals surface area contributed by atoms with Gasteiger partial charge in [0.15, 0.2) is 0 Å². The number of nitrogens with one attached hydrogen (secondary N) is 2. The topological polar surface area (TPSA) is 94.5 Å². The van der Waals surface area contributed by atoms with Gasteiger partial charge in [-0.25, -0.2) is 10.1 Å². The smallest absolute Gasteiger partial charge is 0.319 e. The number of carbonyl (C=O) groups is 2. The van der Waals surface area contributed by atoms with Gasteiger partial charge in [-0.1, -0.05) is 24.3 Å². The lowest BCUT2D eigenvalue weighted by Gasteiger charge is -2.08. The third-order valence-corrected chi connectivity index (χ3v) is 4.47. The van der Waals surface area contributed by atoms with Gasteiger partial charge in [0.05, 0.1) is 7.11 Å². The van der Waals surface area contributed by atoms with Gasteiger partial charge in [-0.15, -0.1) is 0 Å². The first kappa shape index (κ1) is 24.7. The van der Waals surface area contributed by atoms with Crippen LogP contribution in [0.15, 0.2) is 48.5 Å². The zero-order chi connectivity index (χ0) is 22.2. The summed E-state index contributed by atoms with van der Waals surface area (Å²) >= 11 is 0. The number of likely N-dealkylation sites (tertiary alicyclic amines) is 1. The number of aldehydes is 1. The molecule has 1 saturated heterocycles.